The maximum Gasteiger partial charge on any atom is 0.336 e. The van der Waals surface area contributed by atoms with Crippen LogP contribution in [0.5, 0.6) is 5.75 Å². The van der Waals surface area contributed by atoms with Gasteiger partial charge in [-0.15, -0.1) is 0 Å². The van der Waals surface area contributed by atoms with Crippen LogP contribution in [0.25, 0.3) is 33.4 Å². The van der Waals surface area contributed by atoms with Crippen LogP contribution in [0.15, 0.2) is 63.8 Å². The third kappa shape index (κ3) is 6.08. The van der Waals surface area contributed by atoms with Crippen molar-refractivity contribution in [2.45, 2.75) is 48.5 Å². The Kier molecular flexibility index (Phi) is 8.32. The van der Waals surface area contributed by atoms with Crippen molar-refractivity contribution >= 4 is 48.2 Å². The number of hydrogen-bond donors (Lipinski definition) is 7. The molecule has 2 aromatic carbocycles. The van der Waals surface area contributed by atoms with E-state index in [0.29, 0.717) is 46.9 Å². The number of phenols is 1. The Morgan fingerprint density at radius 3 is 2.51 bits per heavy atom. The van der Waals surface area contributed by atoms with E-state index >= 15 is 0 Å². The highest BCUT2D eigenvalue weighted by atomic mass is 32.1. The largest absolute Gasteiger partial charge is 0.508 e. The van der Waals surface area contributed by atoms with Gasteiger partial charge >= 0.3 is 11.9 Å². The maximum absolute atomic E-state index is 12.3. The van der Waals surface area contributed by atoms with Crippen LogP contribution in [0.1, 0.15) is 47.8 Å². The van der Waals surface area contributed by atoms with Gasteiger partial charge in [0.15, 0.2) is 5.43 Å². The Hall–Kier alpha value is -3.51. The minimum atomic E-state index is -1.18. The number of rotatable bonds is 7. The summed E-state index contributed by atoms with van der Waals surface area (Å²) in [5.74, 6) is -2.05. The number of carbonyl (C=O) groups is 2. The molecule has 0 spiro atoms. The number of hydrogen-bond acceptors (Lipinski definition) is 9. The Labute approximate surface area is 246 Å². The highest BCUT2D eigenvalue weighted by Gasteiger charge is 2.33. The smallest absolute Gasteiger partial charge is 0.336 e. The maximum atomic E-state index is 12.3. The van der Waals surface area contributed by atoms with Crippen molar-refractivity contribution < 1.29 is 34.4 Å². The number of thiol groups is 2. The predicted octanol–water partition coefficient (Wildman–Crippen LogP) is 4.79. The topological polar surface area (TPSA) is 157 Å². The molecule has 0 amide bonds. The number of nitrogens with one attached hydrogen (secondary N) is 1. The molecular weight excluding hydrogens is 566 g/mol. The molecule has 1 fully saturated rings. The Bertz CT molecular complexity index is 1650. The van der Waals surface area contributed by atoms with Crippen molar-refractivity contribution in [1.82, 2.24) is 5.32 Å². The SMILES string of the molecule is O=C(O)CC1CCC(NC(O)c2ccc(C(=O)O)c(-c3c4ccc(=O)cc-4oc4cc(O)ccc34)c2)CC(S)C1S. The molecule has 5 atom stereocenters. The summed E-state index contributed by atoms with van der Waals surface area (Å²) in [5.41, 5.74) is 1.63. The van der Waals surface area contributed by atoms with Gasteiger partial charge in [-0.1, -0.05) is 6.07 Å². The molecule has 5 unspecified atom stereocenters. The third-order valence-electron chi connectivity index (χ3n) is 7.66. The number of fused-ring (bicyclic) bond motifs is 2. The van der Waals surface area contributed by atoms with E-state index in [-0.39, 0.29) is 57.0 Å². The Morgan fingerprint density at radius 2 is 1.78 bits per heavy atom. The zero-order valence-corrected chi connectivity index (χ0v) is 23.5. The molecule has 1 heterocycles. The zero-order chi connectivity index (χ0) is 29.4. The molecule has 5 rings (SSSR count). The molecule has 0 saturated heterocycles. The van der Waals surface area contributed by atoms with Gasteiger partial charge in [-0.3, -0.25) is 14.9 Å². The van der Waals surface area contributed by atoms with Crippen molar-refractivity contribution in [2.75, 3.05) is 0 Å². The molecule has 0 bridgehead atoms. The molecule has 1 aliphatic heterocycles. The zero-order valence-electron chi connectivity index (χ0n) is 21.7. The fraction of sp³-hybridized carbons (Fsp3) is 0.300. The number of benzene rings is 3. The van der Waals surface area contributed by atoms with Crippen LogP contribution in [0.2, 0.25) is 0 Å². The van der Waals surface area contributed by atoms with E-state index in [9.17, 15) is 34.8 Å². The van der Waals surface area contributed by atoms with Gasteiger partial charge in [0.1, 0.15) is 23.3 Å². The lowest BCUT2D eigenvalue weighted by molar-refractivity contribution is -0.138. The first-order valence-electron chi connectivity index (χ1n) is 13.1. The monoisotopic (exact) mass is 595 g/mol. The molecule has 41 heavy (non-hydrogen) atoms. The summed E-state index contributed by atoms with van der Waals surface area (Å²) >= 11 is 9.28. The molecule has 2 aliphatic carbocycles. The second kappa shape index (κ2) is 11.8. The number of aliphatic hydroxyl groups excluding tert-OH is 1. The fourth-order valence-corrected chi connectivity index (χ4v) is 6.52. The van der Waals surface area contributed by atoms with Crippen LogP contribution in [-0.2, 0) is 4.79 Å². The van der Waals surface area contributed by atoms with E-state index in [1.807, 2.05) is 0 Å². The molecule has 3 aliphatic rings. The minimum Gasteiger partial charge on any atom is -0.508 e. The number of aromatic hydroxyl groups is 1. The molecule has 11 heteroatoms. The Balaban J connectivity index is 1.55. The average Bonchev–Trinajstić information content (AvgIpc) is 3.04. The van der Waals surface area contributed by atoms with Gasteiger partial charge in [0.25, 0.3) is 0 Å². The van der Waals surface area contributed by atoms with E-state index < -0.39 is 18.2 Å². The van der Waals surface area contributed by atoms with Gasteiger partial charge in [0.2, 0.25) is 0 Å². The summed E-state index contributed by atoms with van der Waals surface area (Å²) in [7, 11) is 0. The van der Waals surface area contributed by atoms with Crippen LogP contribution >= 0.6 is 25.3 Å². The van der Waals surface area contributed by atoms with E-state index in [4.69, 9.17) is 4.42 Å². The van der Waals surface area contributed by atoms with Crippen LogP contribution in [0, 0.1) is 5.92 Å². The summed E-state index contributed by atoms with van der Waals surface area (Å²) < 4.78 is 5.89. The highest BCUT2D eigenvalue weighted by Crippen LogP contribution is 2.42. The molecule has 2 aromatic rings. The van der Waals surface area contributed by atoms with Crippen LogP contribution in [0.4, 0.5) is 0 Å². The van der Waals surface area contributed by atoms with Gasteiger partial charge in [-0.05, 0) is 72.7 Å². The summed E-state index contributed by atoms with van der Waals surface area (Å²) in [6.07, 6.45) is 0.600. The summed E-state index contributed by atoms with van der Waals surface area (Å²) in [6, 6.07) is 13.1. The number of carboxylic acid groups (broad SMARTS) is 2. The van der Waals surface area contributed by atoms with Gasteiger partial charge in [0, 0.05) is 51.6 Å². The molecule has 9 nitrogen and oxygen atoms in total. The number of aliphatic carboxylic acids is 1. The fourth-order valence-electron chi connectivity index (χ4n) is 5.64. The van der Waals surface area contributed by atoms with Gasteiger partial charge < -0.3 is 24.8 Å². The number of phenolic OH excluding ortho intramolecular Hbond substituents is 1. The number of aromatic carboxylic acids is 1. The summed E-state index contributed by atoms with van der Waals surface area (Å²) in [4.78, 5) is 35.7. The standard InChI is InChI=1S/C30H29NO8S2/c32-17-4-7-20-23(12-17)39-24-13-18(33)5-8-21(24)27(20)22-9-15(2-6-19(22)30(37)38)29(36)31-16-3-1-14(10-26(34)35)28(41)25(40)11-16/h2,4-9,12-14,16,25,28-29,31-32,36,40-41H,1,3,10-11H2,(H,34,35)(H,37,38). The second-order valence-corrected chi connectivity index (χ2v) is 11.7. The first kappa shape index (κ1) is 29.0. The highest BCUT2D eigenvalue weighted by molar-refractivity contribution is 7.85. The first-order valence-corrected chi connectivity index (χ1v) is 14.1. The van der Waals surface area contributed by atoms with Crippen molar-refractivity contribution in [3.8, 4) is 28.2 Å². The van der Waals surface area contributed by atoms with E-state index in [0.717, 1.165) is 0 Å². The van der Waals surface area contributed by atoms with E-state index in [1.54, 1.807) is 18.2 Å². The molecular formula is C30H29NO8S2. The van der Waals surface area contributed by atoms with Crippen LogP contribution < -0.4 is 10.7 Å². The normalized spacial score (nSPS) is 21.9. The minimum absolute atomic E-state index is 0.00258. The molecule has 214 valence electrons. The van der Waals surface area contributed by atoms with Crippen molar-refractivity contribution in [2.24, 2.45) is 5.92 Å². The van der Waals surface area contributed by atoms with Crippen LogP contribution in [0.3, 0.4) is 0 Å². The van der Waals surface area contributed by atoms with E-state index in [1.165, 1.54) is 36.4 Å². The lowest BCUT2D eigenvalue weighted by Gasteiger charge is -2.25. The van der Waals surface area contributed by atoms with Crippen molar-refractivity contribution in [1.29, 1.82) is 0 Å². The third-order valence-corrected chi connectivity index (χ3v) is 9.20. The Morgan fingerprint density at radius 1 is 1.00 bits per heavy atom. The molecule has 0 aromatic heterocycles. The van der Waals surface area contributed by atoms with Crippen molar-refractivity contribution in [3.05, 3.63) is 75.9 Å². The van der Waals surface area contributed by atoms with Gasteiger partial charge in [-0.25, -0.2) is 4.79 Å². The van der Waals surface area contributed by atoms with Crippen LogP contribution in [-0.4, -0.2) is 48.9 Å². The number of aliphatic hydroxyl groups is 1. The average molecular weight is 596 g/mol. The quantitative estimate of drug-likeness (QED) is 0.0691. The molecule has 1 saturated carbocycles. The lowest BCUT2D eigenvalue weighted by Crippen LogP contribution is -2.35. The summed E-state index contributed by atoms with van der Waals surface area (Å²) in [5, 5.41) is 44.0. The predicted molar refractivity (Wildman–Crippen MR) is 160 cm³/mol. The summed E-state index contributed by atoms with van der Waals surface area (Å²) in [6.45, 7) is 0. The lowest BCUT2D eigenvalue weighted by atomic mass is 9.89. The molecule has 0 radical (unpaired) electrons. The van der Waals surface area contributed by atoms with E-state index in [2.05, 4.69) is 30.6 Å². The van der Waals surface area contributed by atoms with Gasteiger partial charge in [-0.2, -0.15) is 25.3 Å². The molecule has 5 N–H and O–H groups in total. The number of carboxylic acids is 2. The van der Waals surface area contributed by atoms with Gasteiger partial charge in [0.05, 0.1) is 5.56 Å². The first-order chi connectivity index (χ1) is 19.5. The van der Waals surface area contributed by atoms with Crippen molar-refractivity contribution in [3.63, 3.8) is 0 Å². The second-order valence-electron chi connectivity index (χ2n) is 10.4.